The van der Waals surface area contributed by atoms with Crippen LogP contribution in [-0.4, -0.2) is 24.3 Å². The molecule has 0 aromatic rings. The third-order valence-corrected chi connectivity index (χ3v) is 1.96. The van der Waals surface area contributed by atoms with Gasteiger partial charge in [0.15, 0.2) is 17.7 Å². The van der Waals surface area contributed by atoms with Gasteiger partial charge < -0.3 is 4.74 Å². The Bertz CT molecular complexity index is 220. The number of rotatable bonds is 3. The summed E-state index contributed by atoms with van der Waals surface area (Å²) in [6.45, 7) is 2.16. The van der Waals surface area contributed by atoms with E-state index in [2.05, 4.69) is 0 Å². The predicted molar refractivity (Wildman–Crippen MR) is 43.8 cm³/mol. The number of ether oxygens (including phenoxy) is 1. The maximum Gasteiger partial charge on any atom is 0.194 e. The molecule has 3 heteroatoms. The summed E-state index contributed by atoms with van der Waals surface area (Å²) in [6.07, 6.45) is 5.00. The molecule has 1 aliphatic carbocycles. The molecule has 66 valence electrons. The fourth-order valence-corrected chi connectivity index (χ4v) is 1.30. The smallest absolute Gasteiger partial charge is 0.194 e. The average molecular weight is 168 g/mol. The first kappa shape index (κ1) is 9.13. The van der Waals surface area contributed by atoms with Gasteiger partial charge in [0.1, 0.15) is 0 Å². The minimum atomic E-state index is -1.18. The molecule has 1 unspecified atom stereocenters. The summed E-state index contributed by atoms with van der Waals surface area (Å²) in [6, 6.07) is 0. The van der Waals surface area contributed by atoms with E-state index in [9.17, 15) is 9.59 Å². The highest BCUT2D eigenvalue weighted by Gasteiger charge is 2.38. The van der Waals surface area contributed by atoms with Gasteiger partial charge >= 0.3 is 0 Å². The molecular weight excluding hydrogens is 156 g/mol. The van der Waals surface area contributed by atoms with Crippen molar-refractivity contribution in [1.29, 1.82) is 0 Å². The van der Waals surface area contributed by atoms with Crippen molar-refractivity contribution in [2.75, 3.05) is 6.61 Å². The lowest BCUT2D eigenvalue weighted by Crippen LogP contribution is -2.43. The van der Waals surface area contributed by atoms with Crippen LogP contribution >= 0.6 is 0 Å². The molecule has 1 rings (SSSR count). The van der Waals surface area contributed by atoms with E-state index in [1.165, 1.54) is 6.08 Å². The molecule has 0 aromatic carbocycles. The second kappa shape index (κ2) is 3.63. The third kappa shape index (κ3) is 1.46. The molecule has 0 heterocycles. The second-order valence-electron chi connectivity index (χ2n) is 2.75. The lowest BCUT2D eigenvalue weighted by atomic mass is 9.89. The molecular formula is C9H12O3. The highest BCUT2D eigenvalue weighted by atomic mass is 16.5. The predicted octanol–water partition coefficient (Wildman–Crippen LogP) is 0.880. The Hall–Kier alpha value is -0.960. The molecule has 0 aliphatic heterocycles. The van der Waals surface area contributed by atoms with Gasteiger partial charge in [-0.2, -0.15) is 0 Å². The number of carbonyl (C=O) groups is 2. The lowest BCUT2D eigenvalue weighted by Gasteiger charge is -2.26. The molecule has 0 saturated heterocycles. The van der Waals surface area contributed by atoms with Gasteiger partial charge in [0.05, 0.1) is 0 Å². The summed E-state index contributed by atoms with van der Waals surface area (Å²) in [5.41, 5.74) is -1.18. The Morgan fingerprint density at radius 3 is 3.00 bits per heavy atom. The van der Waals surface area contributed by atoms with Gasteiger partial charge in [0, 0.05) is 6.61 Å². The van der Waals surface area contributed by atoms with E-state index >= 15 is 0 Å². The Kier molecular flexibility index (Phi) is 2.76. The van der Waals surface area contributed by atoms with Gasteiger partial charge in [-0.05, 0) is 25.8 Å². The van der Waals surface area contributed by atoms with Crippen LogP contribution in [0, 0.1) is 0 Å². The van der Waals surface area contributed by atoms with Crippen molar-refractivity contribution in [3.8, 4) is 0 Å². The van der Waals surface area contributed by atoms with Crippen molar-refractivity contribution in [2.24, 2.45) is 0 Å². The van der Waals surface area contributed by atoms with Gasteiger partial charge in [-0.3, -0.25) is 9.59 Å². The molecule has 3 nitrogen and oxygen atoms in total. The van der Waals surface area contributed by atoms with Crippen LogP contribution < -0.4 is 0 Å². The molecule has 0 spiro atoms. The fraction of sp³-hybridized carbons (Fsp3) is 0.556. The fourth-order valence-electron chi connectivity index (χ4n) is 1.30. The number of allylic oxidation sites excluding steroid dienone is 1. The summed E-state index contributed by atoms with van der Waals surface area (Å²) in [5, 5.41) is 0. The monoisotopic (exact) mass is 168 g/mol. The standard InChI is InChI=1S/C9H12O3/c1-2-12-9(7-10)6-4-3-5-8(9)11/h3,5,7H,2,4,6H2,1H3. The van der Waals surface area contributed by atoms with Gasteiger partial charge in [0.25, 0.3) is 0 Å². The molecule has 0 radical (unpaired) electrons. The zero-order chi connectivity index (χ0) is 9.03. The second-order valence-corrected chi connectivity index (χ2v) is 2.75. The Morgan fingerprint density at radius 1 is 1.75 bits per heavy atom. The van der Waals surface area contributed by atoms with Crippen LogP contribution in [0.25, 0.3) is 0 Å². The number of carbonyl (C=O) groups excluding carboxylic acids is 2. The van der Waals surface area contributed by atoms with Gasteiger partial charge in [0.2, 0.25) is 0 Å². The molecule has 1 atom stereocenters. The van der Waals surface area contributed by atoms with Crippen molar-refractivity contribution in [1.82, 2.24) is 0 Å². The maximum absolute atomic E-state index is 11.3. The molecule has 0 bridgehead atoms. The summed E-state index contributed by atoms with van der Waals surface area (Å²) in [7, 11) is 0. The van der Waals surface area contributed by atoms with Crippen LogP contribution in [0.4, 0.5) is 0 Å². The topological polar surface area (TPSA) is 43.4 Å². The number of hydrogen-bond acceptors (Lipinski definition) is 3. The van der Waals surface area contributed by atoms with Crippen molar-refractivity contribution < 1.29 is 14.3 Å². The summed E-state index contributed by atoms with van der Waals surface area (Å²) >= 11 is 0. The van der Waals surface area contributed by atoms with Crippen LogP contribution in [0.5, 0.6) is 0 Å². The van der Waals surface area contributed by atoms with E-state index in [-0.39, 0.29) is 5.78 Å². The van der Waals surface area contributed by atoms with Crippen LogP contribution in [0.15, 0.2) is 12.2 Å². The van der Waals surface area contributed by atoms with Crippen LogP contribution in [-0.2, 0) is 14.3 Å². The highest BCUT2D eigenvalue weighted by molar-refractivity contribution is 6.08. The van der Waals surface area contributed by atoms with E-state index < -0.39 is 5.60 Å². The Balaban J connectivity index is 2.83. The largest absolute Gasteiger partial charge is 0.360 e. The lowest BCUT2D eigenvalue weighted by molar-refractivity contribution is -0.148. The van der Waals surface area contributed by atoms with Crippen LogP contribution in [0.2, 0.25) is 0 Å². The number of ketones is 1. The van der Waals surface area contributed by atoms with E-state index in [4.69, 9.17) is 4.74 Å². The first-order chi connectivity index (χ1) is 5.75. The average Bonchev–Trinajstić information content (AvgIpc) is 2.10. The van der Waals surface area contributed by atoms with E-state index in [0.717, 1.165) is 6.42 Å². The highest BCUT2D eigenvalue weighted by Crippen LogP contribution is 2.22. The van der Waals surface area contributed by atoms with Gasteiger partial charge in [-0.15, -0.1) is 0 Å². The Morgan fingerprint density at radius 2 is 2.50 bits per heavy atom. The molecule has 1 aliphatic rings. The summed E-state index contributed by atoms with van der Waals surface area (Å²) in [5.74, 6) is -0.231. The molecule has 0 N–H and O–H groups in total. The first-order valence-corrected chi connectivity index (χ1v) is 4.06. The van der Waals surface area contributed by atoms with Crippen LogP contribution in [0.1, 0.15) is 19.8 Å². The van der Waals surface area contributed by atoms with Crippen molar-refractivity contribution in [2.45, 2.75) is 25.4 Å². The summed E-state index contributed by atoms with van der Waals surface area (Å²) < 4.78 is 5.16. The van der Waals surface area contributed by atoms with Crippen LogP contribution in [0.3, 0.4) is 0 Å². The van der Waals surface area contributed by atoms with E-state index in [1.54, 1.807) is 13.0 Å². The SMILES string of the molecule is CCOC1(C=O)CCC=CC1=O. The normalized spacial score (nSPS) is 28.9. The number of hydrogen-bond donors (Lipinski definition) is 0. The maximum atomic E-state index is 11.3. The quantitative estimate of drug-likeness (QED) is 0.464. The molecule has 0 amide bonds. The van der Waals surface area contributed by atoms with Crippen molar-refractivity contribution in [3.63, 3.8) is 0 Å². The van der Waals surface area contributed by atoms with Crippen molar-refractivity contribution in [3.05, 3.63) is 12.2 Å². The molecule has 0 fully saturated rings. The minimum Gasteiger partial charge on any atom is -0.360 e. The molecule has 0 saturated carbocycles. The van der Waals surface area contributed by atoms with E-state index in [0.29, 0.717) is 19.3 Å². The zero-order valence-electron chi connectivity index (χ0n) is 7.08. The van der Waals surface area contributed by atoms with Gasteiger partial charge in [-0.25, -0.2) is 0 Å². The minimum absolute atomic E-state index is 0.231. The summed E-state index contributed by atoms with van der Waals surface area (Å²) in [4.78, 5) is 22.0. The first-order valence-electron chi connectivity index (χ1n) is 4.06. The molecule has 0 aromatic heterocycles. The third-order valence-electron chi connectivity index (χ3n) is 1.96. The zero-order valence-corrected chi connectivity index (χ0v) is 7.08. The molecule has 12 heavy (non-hydrogen) atoms. The Labute approximate surface area is 71.4 Å². The number of aldehydes is 1. The van der Waals surface area contributed by atoms with E-state index in [1.807, 2.05) is 0 Å². The van der Waals surface area contributed by atoms with Gasteiger partial charge in [-0.1, -0.05) is 6.08 Å². The van der Waals surface area contributed by atoms with Crippen molar-refractivity contribution >= 4 is 12.1 Å².